The first kappa shape index (κ1) is 12.0. The summed E-state index contributed by atoms with van der Waals surface area (Å²) in [4.78, 5) is 8.02. The van der Waals surface area contributed by atoms with Crippen LogP contribution in [-0.4, -0.2) is 15.1 Å². The lowest BCUT2D eigenvalue weighted by Gasteiger charge is -2.07. The Bertz CT molecular complexity index is 505. The van der Waals surface area contributed by atoms with Gasteiger partial charge in [-0.1, -0.05) is 34.1 Å². The summed E-state index contributed by atoms with van der Waals surface area (Å²) in [6, 6.07) is 7.81. The molecule has 0 radical (unpaired) electrons. The van der Waals surface area contributed by atoms with E-state index < -0.39 is 0 Å². The van der Waals surface area contributed by atoms with Gasteiger partial charge < -0.3 is 9.84 Å². The Labute approximate surface area is 107 Å². The maximum atomic E-state index is 8.93. The number of aliphatic hydroxyl groups is 1. The smallest absolute Gasteiger partial charge is 0.232 e. The van der Waals surface area contributed by atoms with Gasteiger partial charge in [0.25, 0.3) is 0 Å². The summed E-state index contributed by atoms with van der Waals surface area (Å²) in [6.07, 6.45) is 3.03. The van der Waals surface area contributed by atoms with Gasteiger partial charge in [0.1, 0.15) is 6.61 Å². The second kappa shape index (κ2) is 5.75. The van der Waals surface area contributed by atoms with Gasteiger partial charge in [-0.2, -0.15) is 0 Å². The fourth-order valence-corrected chi connectivity index (χ4v) is 1.70. The van der Waals surface area contributed by atoms with E-state index in [2.05, 4.69) is 25.9 Å². The van der Waals surface area contributed by atoms with Crippen molar-refractivity contribution >= 4 is 15.9 Å². The van der Waals surface area contributed by atoms with E-state index in [0.717, 1.165) is 10.0 Å². The minimum absolute atomic E-state index is 0.140. The van der Waals surface area contributed by atoms with Crippen LogP contribution >= 0.6 is 15.9 Å². The second-order valence-electron chi connectivity index (χ2n) is 3.39. The highest BCUT2D eigenvalue weighted by molar-refractivity contribution is 9.10. The van der Waals surface area contributed by atoms with Crippen LogP contribution in [0.1, 0.15) is 11.3 Å². The molecular weight excluding hydrogens is 284 g/mol. The van der Waals surface area contributed by atoms with E-state index in [0.29, 0.717) is 18.2 Å². The third kappa shape index (κ3) is 3.25. The van der Waals surface area contributed by atoms with Crippen LogP contribution in [0, 0.1) is 0 Å². The maximum absolute atomic E-state index is 8.93. The zero-order valence-electron chi connectivity index (χ0n) is 9.01. The Balaban J connectivity index is 2.05. The van der Waals surface area contributed by atoms with Crippen molar-refractivity contribution in [1.82, 2.24) is 9.97 Å². The van der Waals surface area contributed by atoms with Crippen molar-refractivity contribution in [2.45, 2.75) is 13.2 Å². The molecule has 0 atom stereocenters. The van der Waals surface area contributed by atoms with Crippen LogP contribution in [0.5, 0.6) is 5.88 Å². The molecule has 0 saturated heterocycles. The van der Waals surface area contributed by atoms with Crippen molar-refractivity contribution in [2.75, 3.05) is 0 Å². The number of hydrogen-bond acceptors (Lipinski definition) is 4. The molecule has 0 spiro atoms. The summed E-state index contributed by atoms with van der Waals surface area (Å²) < 4.78 is 6.49. The molecule has 88 valence electrons. The zero-order chi connectivity index (χ0) is 12.1. The van der Waals surface area contributed by atoms with Gasteiger partial charge in [-0.05, 0) is 6.07 Å². The van der Waals surface area contributed by atoms with Crippen LogP contribution in [0.4, 0.5) is 0 Å². The highest BCUT2D eigenvalue weighted by Gasteiger charge is 2.02. The SMILES string of the molecule is OCc1cncc(OCc2ccccc2Br)n1. The normalized spacial score (nSPS) is 10.2. The summed E-state index contributed by atoms with van der Waals surface area (Å²) >= 11 is 3.44. The zero-order valence-corrected chi connectivity index (χ0v) is 10.6. The molecule has 0 bridgehead atoms. The van der Waals surface area contributed by atoms with E-state index in [-0.39, 0.29) is 6.61 Å². The summed E-state index contributed by atoms with van der Waals surface area (Å²) in [7, 11) is 0. The highest BCUT2D eigenvalue weighted by Crippen LogP contribution is 2.17. The van der Waals surface area contributed by atoms with Crippen molar-refractivity contribution in [3.05, 3.63) is 52.4 Å². The standard InChI is InChI=1S/C12H11BrN2O2/c13-11-4-2-1-3-9(11)8-17-12-6-14-5-10(7-16)15-12/h1-6,16H,7-8H2. The van der Waals surface area contributed by atoms with Gasteiger partial charge in [0, 0.05) is 10.0 Å². The van der Waals surface area contributed by atoms with Crippen molar-refractivity contribution in [2.24, 2.45) is 0 Å². The first-order chi connectivity index (χ1) is 8.29. The van der Waals surface area contributed by atoms with Gasteiger partial charge in [0.05, 0.1) is 24.7 Å². The van der Waals surface area contributed by atoms with Crippen LogP contribution in [0.25, 0.3) is 0 Å². The van der Waals surface area contributed by atoms with Crippen molar-refractivity contribution in [3.63, 3.8) is 0 Å². The van der Waals surface area contributed by atoms with Crippen LogP contribution in [0.15, 0.2) is 41.1 Å². The molecule has 5 heteroatoms. The molecule has 2 rings (SSSR count). The summed E-state index contributed by atoms with van der Waals surface area (Å²) in [6.45, 7) is 0.268. The van der Waals surface area contributed by atoms with E-state index in [1.807, 2.05) is 24.3 Å². The number of nitrogens with zero attached hydrogens (tertiary/aromatic N) is 2. The molecule has 0 aliphatic heterocycles. The number of aromatic nitrogens is 2. The summed E-state index contributed by atoms with van der Waals surface area (Å²) in [5, 5.41) is 8.93. The summed E-state index contributed by atoms with van der Waals surface area (Å²) in [5.41, 5.74) is 1.53. The third-order valence-electron chi connectivity index (χ3n) is 2.16. The topological polar surface area (TPSA) is 55.2 Å². The maximum Gasteiger partial charge on any atom is 0.232 e. The predicted octanol–water partition coefficient (Wildman–Crippen LogP) is 2.31. The lowest BCUT2D eigenvalue weighted by Crippen LogP contribution is -2.00. The Morgan fingerprint density at radius 1 is 1.24 bits per heavy atom. The molecule has 0 saturated carbocycles. The molecule has 1 aromatic heterocycles. The molecule has 0 aliphatic carbocycles. The van der Waals surface area contributed by atoms with Gasteiger partial charge in [-0.25, -0.2) is 4.98 Å². The Morgan fingerprint density at radius 2 is 2.06 bits per heavy atom. The fourth-order valence-electron chi connectivity index (χ4n) is 1.30. The third-order valence-corrected chi connectivity index (χ3v) is 2.93. The molecule has 0 unspecified atom stereocenters. The quantitative estimate of drug-likeness (QED) is 0.940. The van der Waals surface area contributed by atoms with Crippen LogP contribution in [0.3, 0.4) is 0 Å². The molecule has 0 amide bonds. The minimum Gasteiger partial charge on any atom is -0.472 e. The van der Waals surface area contributed by atoms with E-state index in [1.54, 1.807) is 0 Å². The number of hydrogen-bond donors (Lipinski definition) is 1. The van der Waals surface area contributed by atoms with Crippen molar-refractivity contribution < 1.29 is 9.84 Å². The molecule has 2 aromatic rings. The van der Waals surface area contributed by atoms with Gasteiger partial charge in [0.2, 0.25) is 5.88 Å². The number of benzene rings is 1. The molecule has 1 heterocycles. The highest BCUT2D eigenvalue weighted by atomic mass is 79.9. The molecule has 1 aromatic carbocycles. The lowest BCUT2D eigenvalue weighted by atomic mass is 10.2. The first-order valence-corrected chi connectivity index (χ1v) is 5.87. The molecule has 0 fully saturated rings. The van der Waals surface area contributed by atoms with Gasteiger partial charge >= 0.3 is 0 Å². The number of ether oxygens (including phenoxy) is 1. The van der Waals surface area contributed by atoms with E-state index in [1.165, 1.54) is 12.4 Å². The average molecular weight is 295 g/mol. The Morgan fingerprint density at radius 3 is 2.82 bits per heavy atom. The molecule has 1 N–H and O–H groups in total. The van der Waals surface area contributed by atoms with Crippen LogP contribution < -0.4 is 4.74 Å². The summed E-state index contributed by atoms with van der Waals surface area (Å²) in [5.74, 6) is 0.410. The van der Waals surface area contributed by atoms with Crippen molar-refractivity contribution in [3.8, 4) is 5.88 Å². The Hall–Kier alpha value is -1.46. The Kier molecular flexibility index (Phi) is 4.06. The second-order valence-corrected chi connectivity index (χ2v) is 4.24. The molecular formula is C12H11BrN2O2. The van der Waals surface area contributed by atoms with Crippen LogP contribution in [-0.2, 0) is 13.2 Å². The first-order valence-electron chi connectivity index (χ1n) is 5.07. The van der Waals surface area contributed by atoms with Crippen molar-refractivity contribution in [1.29, 1.82) is 0 Å². The lowest BCUT2D eigenvalue weighted by molar-refractivity contribution is 0.264. The predicted molar refractivity (Wildman–Crippen MR) is 66.4 cm³/mol. The van der Waals surface area contributed by atoms with E-state index >= 15 is 0 Å². The fraction of sp³-hybridized carbons (Fsp3) is 0.167. The number of rotatable bonds is 4. The van der Waals surface area contributed by atoms with Gasteiger partial charge in [0.15, 0.2) is 0 Å². The van der Waals surface area contributed by atoms with Gasteiger partial charge in [-0.3, -0.25) is 4.98 Å². The van der Waals surface area contributed by atoms with Gasteiger partial charge in [-0.15, -0.1) is 0 Å². The van der Waals surface area contributed by atoms with E-state index in [9.17, 15) is 0 Å². The van der Waals surface area contributed by atoms with E-state index in [4.69, 9.17) is 9.84 Å². The number of halogens is 1. The van der Waals surface area contributed by atoms with Crippen LogP contribution in [0.2, 0.25) is 0 Å². The minimum atomic E-state index is -0.140. The monoisotopic (exact) mass is 294 g/mol. The largest absolute Gasteiger partial charge is 0.472 e. The molecule has 17 heavy (non-hydrogen) atoms. The molecule has 4 nitrogen and oxygen atoms in total. The average Bonchev–Trinajstić information content (AvgIpc) is 2.38. The number of aliphatic hydroxyl groups excluding tert-OH is 1. The molecule has 0 aliphatic rings.